The van der Waals surface area contributed by atoms with Gasteiger partial charge in [0.1, 0.15) is 0 Å². The average molecular weight is 270 g/mol. The van der Waals surface area contributed by atoms with Crippen molar-refractivity contribution in [3.05, 3.63) is 36.0 Å². The van der Waals surface area contributed by atoms with Crippen LogP contribution in [0.2, 0.25) is 0 Å². The van der Waals surface area contributed by atoms with Crippen molar-refractivity contribution in [2.45, 2.75) is 19.8 Å². The lowest BCUT2D eigenvalue weighted by Crippen LogP contribution is -2.28. The molecule has 2 N–H and O–H groups in total. The molecule has 4 heteroatoms. The van der Waals surface area contributed by atoms with E-state index in [9.17, 15) is 0 Å². The molecule has 0 unspecified atom stereocenters. The van der Waals surface area contributed by atoms with E-state index in [-0.39, 0.29) is 0 Å². The molecule has 1 aliphatic heterocycles. The molecule has 2 heterocycles. The highest BCUT2D eigenvalue weighted by molar-refractivity contribution is 5.78. The molecular weight excluding hydrogens is 248 g/mol. The summed E-state index contributed by atoms with van der Waals surface area (Å²) in [6, 6.07) is 10.6. The number of benzene rings is 1. The maximum atomic E-state index is 4.60. The van der Waals surface area contributed by atoms with E-state index in [1.54, 1.807) is 0 Å². The average Bonchev–Trinajstić information content (AvgIpc) is 2.74. The van der Waals surface area contributed by atoms with Crippen molar-refractivity contribution in [3.63, 3.8) is 0 Å². The van der Waals surface area contributed by atoms with Crippen LogP contribution in [0.1, 0.15) is 19.0 Å². The summed E-state index contributed by atoms with van der Waals surface area (Å²) in [5.74, 6) is 1.11. The molecule has 0 aliphatic carbocycles. The molecule has 2 aromatic rings. The van der Waals surface area contributed by atoms with Crippen LogP contribution in [-0.2, 0) is 6.42 Å². The molecule has 0 saturated carbocycles. The highest BCUT2D eigenvalue weighted by Gasteiger charge is 2.20. The van der Waals surface area contributed by atoms with Crippen molar-refractivity contribution in [2.75, 3.05) is 31.1 Å². The molecule has 1 fully saturated rings. The van der Waals surface area contributed by atoms with Crippen LogP contribution in [-0.4, -0.2) is 36.4 Å². The predicted molar refractivity (Wildman–Crippen MR) is 83.1 cm³/mol. The predicted octanol–water partition coefficient (Wildman–Crippen LogP) is 2.44. The zero-order valence-electron chi connectivity index (χ0n) is 12.0. The maximum absolute atomic E-state index is 4.60. The number of hydrogen-bond donors (Lipinski definition) is 2. The highest BCUT2D eigenvalue weighted by Crippen LogP contribution is 2.32. The van der Waals surface area contributed by atoms with Gasteiger partial charge in [-0.1, -0.05) is 37.3 Å². The molecule has 1 saturated heterocycles. The van der Waals surface area contributed by atoms with Crippen LogP contribution in [0, 0.1) is 0 Å². The van der Waals surface area contributed by atoms with Gasteiger partial charge < -0.3 is 10.2 Å². The quantitative estimate of drug-likeness (QED) is 0.900. The summed E-state index contributed by atoms with van der Waals surface area (Å²) >= 11 is 0. The van der Waals surface area contributed by atoms with Gasteiger partial charge in [0.2, 0.25) is 0 Å². The first kappa shape index (κ1) is 13.2. The smallest absolute Gasteiger partial charge is 0.158 e. The Morgan fingerprint density at radius 2 is 2.00 bits per heavy atom. The van der Waals surface area contributed by atoms with Gasteiger partial charge in [-0.2, -0.15) is 5.10 Å². The summed E-state index contributed by atoms with van der Waals surface area (Å²) in [7, 11) is 0. The molecule has 0 spiro atoms. The molecule has 1 aromatic carbocycles. The largest absolute Gasteiger partial charge is 0.353 e. The monoisotopic (exact) mass is 270 g/mol. The first-order valence-electron chi connectivity index (χ1n) is 7.48. The van der Waals surface area contributed by atoms with Crippen molar-refractivity contribution >= 4 is 5.82 Å². The molecule has 106 valence electrons. The number of nitrogens with zero attached hydrogens (tertiary/aromatic N) is 2. The van der Waals surface area contributed by atoms with Gasteiger partial charge in [0, 0.05) is 30.9 Å². The van der Waals surface area contributed by atoms with Crippen molar-refractivity contribution in [1.82, 2.24) is 15.5 Å². The minimum atomic E-state index is 0.976. The lowest BCUT2D eigenvalue weighted by atomic mass is 10.0. The minimum absolute atomic E-state index is 0.976. The van der Waals surface area contributed by atoms with Crippen LogP contribution < -0.4 is 10.2 Å². The Morgan fingerprint density at radius 1 is 1.15 bits per heavy atom. The Hall–Kier alpha value is -1.81. The van der Waals surface area contributed by atoms with E-state index in [0.29, 0.717) is 0 Å². The number of nitrogens with one attached hydrogen (secondary N) is 2. The first-order chi connectivity index (χ1) is 9.90. The third kappa shape index (κ3) is 2.56. The standard InChI is InChI=1S/C16H22N4/c1-2-14-15(13-7-4-3-5-8-13)16(19-18-14)20-11-6-9-17-10-12-20/h3-5,7-8,17H,2,6,9-12H2,1H3,(H,18,19). The van der Waals surface area contributed by atoms with Crippen LogP contribution >= 0.6 is 0 Å². The van der Waals surface area contributed by atoms with E-state index >= 15 is 0 Å². The molecule has 0 atom stereocenters. The lowest BCUT2D eigenvalue weighted by Gasteiger charge is -2.21. The van der Waals surface area contributed by atoms with Crippen molar-refractivity contribution in [1.29, 1.82) is 0 Å². The highest BCUT2D eigenvalue weighted by atomic mass is 15.3. The van der Waals surface area contributed by atoms with E-state index < -0.39 is 0 Å². The Morgan fingerprint density at radius 3 is 2.80 bits per heavy atom. The lowest BCUT2D eigenvalue weighted by molar-refractivity contribution is 0.724. The topological polar surface area (TPSA) is 44.0 Å². The molecule has 3 rings (SSSR count). The Balaban J connectivity index is 2.00. The number of aromatic amines is 1. The van der Waals surface area contributed by atoms with E-state index in [2.05, 4.69) is 57.7 Å². The summed E-state index contributed by atoms with van der Waals surface area (Å²) in [5, 5.41) is 11.3. The fraction of sp³-hybridized carbons (Fsp3) is 0.438. The van der Waals surface area contributed by atoms with Crippen molar-refractivity contribution in [3.8, 4) is 11.1 Å². The molecule has 1 aliphatic rings. The van der Waals surface area contributed by atoms with Crippen molar-refractivity contribution < 1.29 is 0 Å². The third-order valence-electron chi connectivity index (χ3n) is 3.88. The number of rotatable bonds is 3. The van der Waals surface area contributed by atoms with Gasteiger partial charge in [-0.15, -0.1) is 0 Å². The fourth-order valence-electron chi connectivity index (χ4n) is 2.82. The normalized spacial score (nSPS) is 16.1. The first-order valence-corrected chi connectivity index (χ1v) is 7.48. The Bertz CT molecular complexity index is 539. The summed E-state index contributed by atoms with van der Waals surface area (Å²) in [6.45, 7) is 6.40. The Kier molecular flexibility index (Phi) is 4.02. The molecule has 0 bridgehead atoms. The van der Waals surface area contributed by atoms with Crippen LogP contribution in [0.3, 0.4) is 0 Å². The maximum Gasteiger partial charge on any atom is 0.158 e. The van der Waals surface area contributed by atoms with Crippen LogP contribution in [0.15, 0.2) is 30.3 Å². The molecule has 4 nitrogen and oxygen atoms in total. The van der Waals surface area contributed by atoms with Gasteiger partial charge in [0.05, 0.1) is 0 Å². The summed E-state index contributed by atoms with van der Waals surface area (Å²) in [6.07, 6.45) is 2.14. The van der Waals surface area contributed by atoms with Crippen molar-refractivity contribution in [2.24, 2.45) is 0 Å². The number of anilines is 1. The molecule has 0 radical (unpaired) electrons. The zero-order valence-corrected chi connectivity index (χ0v) is 12.0. The van der Waals surface area contributed by atoms with Gasteiger partial charge >= 0.3 is 0 Å². The van der Waals surface area contributed by atoms with Crippen LogP contribution in [0.4, 0.5) is 5.82 Å². The number of H-pyrrole nitrogens is 1. The molecular formula is C16H22N4. The zero-order chi connectivity index (χ0) is 13.8. The van der Waals surface area contributed by atoms with E-state index in [4.69, 9.17) is 0 Å². The second-order valence-corrected chi connectivity index (χ2v) is 5.21. The Labute approximate surface area is 120 Å². The van der Waals surface area contributed by atoms with Gasteiger partial charge in [-0.3, -0.25) is 5.10 Å². The fourth-order valence-corrected chi connectivity index (χ4v) is 2.82. The van der Waals surface area contributed by atoms with E-state index in [1.807, 2.05) is 0 Å². The van der Waals surface area contributed by atoms with Gasteiger partial charge in [0.25, 0.3) is 0 Å². The number of aromatic nitrogens is 2. The van der Waals surface area contributed by atoms with Crippen LogP contribution in [0.25, 0.3) is 11.1 Å². The second kappa shape index (κ2) is 6.09. The number of aryl methyl sites for hydroxylation is 1. The van der Waals surface area contributed by atoms with Gasteiger partial charge in [0.15, 0.2) is 5.82 Å². The third-order valence-corrected chi connectivity index (χ3v) is 3.88. The van der Waals surface area contributed by atoms with Crippen LogP contribution in [0.5, 0.6) is 0 Å². The van der Waals surface area contributed by atoms with Gasteiger partial charge in [-0.25, -0.2) is 0 Å². The molecule has 20 heavy (non-hydrogen) atoms. The second-order valence-electron chi connectivity index (χ2n) is 5.21. The SMILES string of the molecule is CCc1[nH]nc(N2CCCNCC2)c1-c1ccccc1. The number of hydrogen-bond acceptors (Lipinski definition) is 3. The summed E-state index contributed by atoms with van der Waals surface area (Å²) < 4.78 is 0. The minimum Gasteiger partial charge on any atom is -0.353 e. The summed E-state index contributed by atoms with van der Waals surface area (Å²) in [4.78, 5) is 2.40. The summed E-state index contributed by atoms with van der Waals surface area (Å²) in [5.41, 5.74) is 3.75. The van der Waals surface area contributed by atoms with E-state index in [0.717, 1.165) is 38.4 Å². The van der Waals surface area contributed by atoms with Gasteiger partial charge in [-0.05, 0) is 24.9 Å². The van der Waals surface area contributed by atoms with E-state index in [1.165, 1.54) is 23.2 Å². The molecule has 0 amide bonds. The molecule has 1 aromatic heterocycles.